The van der Waals surface area contributed by atoms with Crippen LogP contribution in [-0.4, -0.2) is 85.0 Å². The van der Waals surface area contributed by atoms with Crippen molar-refractivity contribution in [1.82, 2.24) is 14.8 Å². The summed E-state index contributed by atoms with van der Waals surface area (Å²) in [5.41, 5.74) is 9.34. The summed E-state index contributed by atoms with van der Waals surface area (Å²) in [6, 6.07) is 3.18. The smallest absolute Gasteiger partial charge is 0.248 e. The standard InChI is InChI=1S/C22H32ClFN6O2/c23-17-14-20(18(24)15-19(17)26-30-21(31)2-1-3-22(30)32)29-12-10-28(11-13-29)9-8-27-6-4-16(25)5-7-27/h14-16,26H,1-13,25H2. The van der Waals surface area contributed by atoms with Gasteiger partial charge >= 0.3 is 0 Å². The van der Waals surface area contributed by atoms with Gasteiger partial charge in [-0.3, -0.25) is 19.9 Å². The zero-order chi connectivity index (χ0) is 22.7. The number of likely N-dealkylation sites (tertiary alicyclic amines) is 1. The van der Waals surface area contributed by atoms with Crippen molar-refractivity contribution >= 4 is 34.8 Å². The van der Waals surface area contributed by atoms with Gasteiger partial charge in [0.1, 0.15) is 5.82 Å². The number of amides is 2. The van der Waals surface area contributed by atoms with Gasteiger partial charge in [0.2, 0.25) is 11.8 Å². The number of imide groups is 1. The molecule has 10 heteroatoms. The topological polar surface area (TPSA) is 85.2 Å². The number of nitrogens with one attached hydrogen (secondary N) is 1. The molecule has 0 unspecified atom stereocenters. The molecule has 3 aliphatic heterocycles. The first-order valence-corrected chi connectivity index (χ1v) is 11.9. The Bertz CT molecular complexity index is 824. The molecule has 0 bridgehead atoms. The number of piperazine rings is 1. The second-order valence-electron chi connectivity index (χ2n) is 8.88. The van der Waals surface area contributed by atoms with Crippen molar-refractivity contribution in [2.24, 2.45) is 5.73 Å². The van der Waals surface area contributed by atoms with Crippen LogP contribution in [0.1, 0.15) is 32.1 Å². The monoisotopic (exact) mass is 466 g/mol. The maximum Gasteiger partial charge on any atom is 0.248 e. The largest absolute Gasteiger partial charge is 0.367 e. The molecule has 2 amide bonds. The molecular weight excluding hydrogens is 435 g/mol. The van der Waals surface area contributed by atoms with Crippen LogP contribution in [0, 0.1) is 5.82 Å². The molecule has 1 aromatic carbocycles. The molecule has 0 aromatic heterocycles. The van der Waals surface area contributed by atoms with E-state index in [4.69, 9.17) is 17.3 Å². The third-order valence-corrected chi connectivity index (χ3v) is 6.94. The Balaban J connectivity index is 1.31. The summed E-state index contributed by atoms with van der Waals surface area (Å²) in [7, 11) is 0. The van der Waals surface area contributed by atoms with Gasteiger partial charge in [-0.25, -0.2) is 4.39 Å². The summed E-state index contributed by atoms with van der Waals surface area (Å²) in [4.78, 5) is 30.9. The highest BCUT2D eigenvalue weighted by Crippen LogP contribution is 2.32. The number of hydrogen-bond donors (Lipinski definition) is 2. The number of carbonyl (C=O) groups is 2. The van der Waals surface area contributed by atoms with Crippen LogP contribution in [-0.2, 0) is 9.59 Å². The van der Waals surface area contributed by atoms with Crippen LogP contribution >= 0.6 is 11.6 Å². The van der Waals surface area contributed by atoms with Crippen LogP contribution in [0.4, 0.5) is 15.8 Å². The lowest BCUT2D eigenvalue weighted by Crippen LogP contribution is -2.49. The van der Waals surface area contributed by atoms with E-state index in [2.05, 4.69) is 15.2 Å². The average molecular weight is 467 g/mol. The number of anilines is 2. The van der Waals surface area contributed by atoms with Crippen molar-refractivity contribution in [3.05, 3.63) is 23.0 Å². The number of hydrazine groups is 1. The zero-order valence-electron chi connectivity index (χ0n) is 18.4. The lowest BCUT2D eigenvalue weighted by Gasteiger charge is -2.38. The average Bonchev–Trinajstić information content (AvgIpc) is 2.78. The normalized spacial score (nSPS) is 22.0. The Morgan fingerprint density at radius 1 is 0.969 bits per heavy atom. The number of rotatable bonds is 6. The van der Waals surface area contributed by atoms with Gasteiger partial charge < -0.3 is 15.5 Å². The molecule has 176 valence electrons. The Morgan fingerprint density at radius 2 is 1.56 bits per heavy atom. The molecule has 3 aliphatic rings. The van der Waals surface area contributed by atoms with Crippen molar-refractivity contribution in [1.29, 1.82) is 0 Å². The molecule has 3 saturated heterocycles. The van der Waals surface area contributed by atoms with Gasteiger partial charge in [-0.15, -0.1) is 0 Å². The number of hydrogen-bond acceptors (Lipinski definition) is 7. The van der Waals surface area contributed by atoms with Crippen LogP contribution in [0.2, 0.25) is 5.02 Å². The molecule has 4 rings (SSSR count). The van der Waals surface area contributed by atoms with Crippen LogP contribution in [0.15, 0.2) is 12.1 Å². The van der Waals surface area contributed by atoms with Crippen LogP contribution in [0.3, 0.4) is 0 Å². The third-order valence-electron chi connectivity index (χ3n) is 6.63. The number of halogens is 2. The quantitative estimate of drug-likeness (QED) is 0.619. The first-order valence-electron chi connectivity index (χ1n) is 11.5. The minimum absolute atomic E-state index is 0.219. The zero-order valence-corrected chi connectivity index (χ0v) is 19.1. The molecule has 3 fully saturated rings. The van der Waals surface area contributed by atoms with Crippen molar-refractivity contribution in [3.63, 3.8) is 0 Å². The number of nitrogens with zero attached hydrogens (tertiary/aromatic N) is 4. The van der Waals surface area contributed by atoms with E-state index in [0.717, 1.165) is 57.1 Å². The van der Waals surface area contributed by atoms with Crippen LogP contribution in [0.25, 0.3) is 0 Å². The number of carbonyl (C=O) groups excluding carboxylic acids is 2. The van der Waals surface area contributed by atoms with Gasteiger partial charge in [0, 0.05) is 64.2 Å². The number of benzene rings is 1. The van der Waals surface area contributed by atoms with Gasteiger partial charge in [-0.2, -0.15) is 5.01 Å². The predicted octanol–water partition coefficient (Wildman–Crippen LogP) is 1.89. The molecule has 1 aromatic rings. The van der Waals surface area contributed by atoms with Crippen molar-refractivity contribution < 1.29 is 14.0 Å². The lowest BCUT2D eigenvalue weighted by atomic mass is 10.1. The Labute approximate surface area is 193 Å². The fourth-order valence-electron chi connectivity index (χ4n) is 4.53. The van der Waals surface area contributed by atoms with Gasteiger partial charge in [0.25, 0.3) is 0 Å². The first kappa shape index (κ1) is 23.2. The molecule has 3 heterocycles. The van der Waals surface area contributed by atoms with E-state index in [1.807, 2.05) is 4.90 Å². The summed E-state index contributed by atoms with van der Waals surface area (Å²) >= 11 is 6.38. The van der Waals surface area contributed by atoms with E-state index in [9.17, 15) is 14.0 Å². The Hall–Kier alpha value is -1.94. The first-order chi connectivity index (χ1) is 15.4. The maximum atomic E-state index is 14.9. The highest BCUT2D eigenvalue weighted by atomic mass is 35.5. The molecule has 0 radical (unpaired) electrons. The van der Waals surface area contributed by atoms with E-state index < -0.39 is 5.82 Å². The van der Waals surface area contributed by atoms with Crippen LogP contribution in [0.5, 0.6) is 0 Å². The minimum Gasteiger partial charge on any atom is -0.367 e. The van der Waals surface area contributed by atoms with E-state index >= 15 is 0 Å². The molecule has 0 spiro atoms. The molecule has 0 aliphatic carbocycles. The van der Waals surface area contributed by atoms with Gasteiger partial charge in [0.15, 0.2) is 0 Å². The fourth-order valence-corrected chi connectivity index (χ4v) is 4.73. The Morgan fingerprint density at radius 3 is 2.19 bits per heavy atom. The summed E-state index contributed by atoms with van der Waals surface area (Å²) in [5.74, 6) is -1.08. The molecule has 32 heavy (non-hydrogen) atoms. The maximum absolute atomic E-state index is 14.9. The van der Waals surface area contributed by atoms with Crippen molar-refractivity contribution in [2.75, 3.05) is 62.7 Å². The SMILES string of the molecule is NC1CCN(CCN2CCN(c3cc(Cl)c(NN4C(=O)CCCC4=O)cc3F)CC2)CC1. The molecule has 3 N–H and O–H groups in total. The van der Waals surface area contributed by atoms with E-state index in [1.54, 1.807) is 6.07 Å². The highest BCUT2D eigenvalue weighted by molar-refractivity contribution is 6.33. The van der Waals surface area contributed by atoms with Crippen LogP contribution < -0.4 is 16.1 Å². The lowest BCUT2D eigenvalue weighted by molar-refractivity contribution is -0.146. The molecule has 8 nitrogen and oxygen atoms in total. The third kappa shape index (κ3) is 5.51. The Kier molecular flexibility index (Phi) is 7.50. The minimum atomic E-state index is -0.424. The van der Waals surface area contributed by atoms with E-state index in [1.165, 1.54) is 6.07 Å². The second kappa shape index (κ2) is 10.3. The van der Waals surface area contributed by atoms with E-state index in [-0.39, 0.29) is 35.4 Å². The summed E-state index contributed by atoms with van der Waals surface area (Å²) < 4.78 is 14.9. The van der Waals surface area contributed by atoms with E-state index in [0.29, 0.717) is 31.2 Å². The number of nitrogens with two attached hydrogens (primary N) is 1. The highest BCUT2D eigenvalue weighted by Gasteiger charge is 2.28. The van der Waals surface area contributed by atoms with Crippen molar-refractivity contribution in [3.8, 4) is 0 Å². The summed E-state index contributed by atoms with van der Waals surface area (Å²) in [5, 5.41) is 1.22. The molecular formula is C22H32ClFN6O2. The summed E-state index contributed by atoms with van der Waals surface area (Å²) in [6.45, 7) is 7.35. The predicted molar refractivity (Wildman–Crippen MR) is 123 cm³/mol. The molecule has 0 saturated carbocycles. The van der Waals surface area contributed by atoms with Gasteiger partial charge in [-0.1, -0.05) is 11.6 Å². The van der Waals surface area contributed by atoms with Gasteiger partial charge in [0.05, 0.1) is 16.4 Å². The fraction of sp³-hybridized carbons (Fsp3) is 0.636. The number of piperidine rings is 2. The van der Waals surface area contributed by atoms with Crippen molar-refractivity contribution in [2.45, 2.75) is 38.1 Å². The second-order valence-corrected chi connectivity index (χ2v) is 9.29. The molecule has 0 atom stereocenters. The van der Waals surface area contributed by atoms with Gasteiger partial charge in [-0.05, 0) is 38.4 Å². The summed E-state index contributed by atoms with van der Waals surface area (Å²) in [6.07, 6.45) is 3.24.